The van der Waals surface area contributed by atoms with Gasteiger partial charge >= 0.3 is 0 Å². The van der Waals surface area contributed by atoms with Crippen molar-refractivity contribution < 1.29 is 0 Å². The second kappa shape index (κ2) is 24.8. The van der Waals surface area contributed by atoms with E-state index in [4.69, 9.17) is 0 Å². The van der Waals surface area contributed by atoms with Crippen molar-refractivity contribution in [2.75, 3.05) is 14.7 Å². The zero-order valence-electron chi connectivity index (χ0n) is 49.1. The maximum Gasteiger partial charge on any atom is 0.0467 e. The van der Waals surface area contributed by atoms with Crippen LogP contribution in [0.15, 0.2) is 285 Å². The summed E-state index contributed by atoms with van der Waals surface area (Å²) < 4.78 is 0. The van der Waals surface area contributed by atoms with Gasteiger partial charge in [-0.1, -0.05) is 224 Å². The fourth-order valence-electron chi connectivity index (χ4n) is 12.3. The van der Waals surface area contributed by atoms with Crippen molar-refractivity contribution in [2.24, 2.45) is 0 Å². The maximum atomic E-state index is 2.42. The molecule has 0 spiro atoms. The van der Waals surface area contributed by atoms with Crippen LogP contribution in [-0.4, -0.2) is 0 Å². The lowest BCUT2D eigenvalue weighted by molar-refractivity contribution is 0.346. The summed E-state index contributed by atoms with van der Waals surface area (Å²) in [6, 6.07) is 101. The lowest BCUT2D eigenvalue weighted by atomic mass is 9.65. The smallest absolute Gasteiger partial charge is 0.0467 e. The Morgan fingerprint density at radius 1 is 0.333 bits per heavy atom. The summed E-state index contributed by atoms with van der Waals surface area (Å²) in [4.78, 5) is 7.15. The first kappa shape index (κ1) is 54.9. The monoisotopic (exact) mass is 1090 g/mol. The molecule has 0 aromatic heterocycles. The molecule has 12 rings (SSSR count). The highest BCUT2D eigenvalue weighted by Gasteiger charge is 2.36. The molecule has 1 fully saturated rings. The standard InChI is InChI=1S/C81H73N3/c1-59-22-39-70(40-23-59)82(71-41-24-60(2)25-42-71)76-52-35-68(36-53-76)81(56-13-8-14-57-81)69-37-54-77(55-38-69)83(72-43-26-61(3)27-44-72)75-50-33-67(34-51-75)80-58-78(47-30-63(80)5)84(73-45-28-62(4)29-46-73)74-48-31-64(32-49-74)16-15-21-79(65-17-9-6-10-18-65)66-19-11-7-12-20-66/h6-7,9-12,15-55,58H,8,13-14,56-57H2,1-5H3/b16-15+. The van der Waals surface area contributed by atoms with Gasteiger partial charge in [-0.15, -0.1) is 0 Å². The van der Waals surface area contributed by atoms with E-state index in [2.05, 4.69) is 341 Å². The highest BCUT2D eigenvalue weighted by Crippen LogP contribution is 2.48. The molecular formula is C81H73N3. The van der Waals surface area contributed by atoms with Gasteiger partial charge in [0.1, 0.15) is 0 Å². The molecule has 11 aromatic rings. The second-order valence-electron chi connectivity index (χ2n) is 22.9. The minimum atomic E-state index is -0.0688. The SMILES string of the molecule is Cc1ccc(N(c2ccc(C)cc2)c2ccc(C3(c4ccc(N(c5ccc(C)cc5)c5ccc(-c6cc(N(c7ccc(C)cc7)c7ccc(/C=C/C=C(c8ccccc8)c8ccccc8)cc7)ccc6C)cc5)cc4)CCCCC3)cc2)cc1. The summed E-state index contributed by atoms with van der Waals surface area (Å²) in [5.41, 5.74) is 26.2. The molecule has 0 unspecified atom stereocenters. The molecule has 1 aliphatic rings. The van der Waals surface area contributed by atoms with Gasteiger partial charge in [-0.25, -0.2) is 0 Å². The maximum absolute atomic E-state index is 2.42. The Balaban J connectivity index is 0.834. The molecule has 0 bridgehead atoms. The molecule has 0 aliphatic heterocycles. The van der Waals surface area contributed by atoms with Gasteiger partial charge in [-0.3, -0.25) is 0 Å². The average Bonchev–Trinajstić information content (AvgIpc) is 3.63. The molecular weight excluding hydrogens is 1010 g/mol. The van der Waals surface area contributed by atoms with Gasteiger partial charge in [-0.2, -0.15) is 0 Å². The Hall–Kier alpha value is -9.70. The van der Waals surface area contributed by atoms with Crippen LogP contribution in [0.25, 0.3) is 22.8 Å². The van der Waals surface area contributed by atoms with E-state index in [1.54, 1.807) is 0 Å². The van der Waals surface area contributed by atoms with Gasteiger partial charge in [0.15, 0.2) is 0 Å². The molecule has 0 amide bonds. The summed E-state index contributed by atoms with van der Waals surface area (Å²) in [6.45, 7) is 10.8. The van der Waals surface area contributed by atoms with Gasteiger partial charge in [0, 0.05) is 56.6 Å². The molecule has 84 heavy (non-hydrogen) atoms. The molecule has 1 saturated carbocycles. The van der Waals surface area contributed by atoms with E-state index >= 15 is 0 Å². The minimum absolute atomic E-state index is 0.0688. The van der Waals surface area contributed by atoms with E-state index in [1.807, 2.05) is 0 Å². The Morgan fingerprint density at radius 3 is 1.06 bits per heavy atom. The number of benzene rings is 11. The summed E-state index contributed by atoms with van der Waals surface area (Å²) >= 11 is 0. The Kier molecular flexibility index (Phi) is 16.2. The van der Waals surface area contributed by atoms with Crippen LogP contribution in [0.5, 0.6) is 0 Å². The molecule has 0 heterocycles. The van der Waals surface area contributed by atoms with Crippen LogP contribution in [0.2, 0.25) is 0 Å². The van der Waals surface area contributed by atoms with E-state index in [0.29, 0.717) is 0 Å². The summed E-state index contributed by atoms with van der Waals surface area (Å²) in [5, 5.41) is 0. The zero-order valence-corrected chi connectivity index (χ0v) is 49.1. The van der Waals surface area contributed by atoms with Crippen molar-refractivity contribution >= 4 is 62.8 Å². The molecule has 0 atom stereocenters. The Bertz CT molecular complexity index is 3920. The van der Waals surface area contributed by atoms with Crippen molar-refractivity contribution in [2.45, 2.75) is 72.1 Å². The summed E-state index contributed by atoms with van der Waals surface area (Å²) in [6.07, 6.45) is 12.5. The van der Waals surface area contributed by atoms with E-state index in [-0.39, 0.29) is 5.41 Å². The van der Waals surface area contributed by atoms with Crippen LogP contribution >= 0.6 is 0 Å². The van der Waals surface area contributed by atoms with Gasteiger partial charge in [0.25, 0.3) is 0 Å². The predicted molar refractivity (Wildman–Crippen MR) is 359 cm³/mol. The number of nitrogens with zero attached hydrogens (tertiary/aromatic N) is 3. The zero-order chi connectivity index (χ0) is 57.4. The van der Waals surface area contributed by atoms with Gasteiger partial charge < -0.3 is 14.7 Å². The first-order chi connectivity index (χ1) is 41.2. The fraction of sp³-hybridized carbons (Fsp3) is 0.136. The van der Waals surface area contributed by atoms with Crippen molar-refractivity contribution in [3.05, 3.63) is 341 Å². The van der Waals surface area contributed by atoms with E-state index in [0.717, 1.165) is 69.6 Å². The molecule has 0 radical (unpaired) electrons. The second-order valence-corrected chi connectivity index (χ2v) is 22.9. The topological polar surface area (TPSA) is 9.72 Å². The summed E-state index contributed by atoms with van der Waals surface area (Å²) in [5.74, 6) is 0. The lowest BCUT2D eigenvalue weighted by Gasteiger charge is -2.39. The van der Waals surface area contributed by atoms with Crippen molar-refractivity contribution in [3.8, 4) is 11.1 Å². The predicted octanol–water partition coefficient (Wildman–Crippen LogP) is 22.7. The van der Waals surface area contributed by atoms with Crippen LogP contribution in [0.3, 0.4) is 0 Å². The summed E-state index contributed by atoms with van der Waals surface area (Å²) in [7, 11) is 0. The number of rotatable bonds is 16. The van der Waals surface area contributed by atoms with Gasteiger partial charge in [-0.05, 0) is 207 Å². The van der Waals surface area contributed by atoms with Crippen molar-refractivity contribution in [1.29, 1.82) is 0 Å². The van der Waals surface area contributed by atoms with Gasteiger partial charge in [0.05, 0.1) is 0 Å². The number of anilines is 9. The largest absolute Gasteiger partial charge is 0.311 e. The van der Waals surface area contributed by atoms with Crippen LogP contribution in [0.1, 0.15) is 87.7 Å². The number of hydrogen-bond donors (Lipinski definition) is 0. The van der Waals surface area contributed by atoms with Crippen LogP contribution < -0.4 is 14.7 Å². The first-order valence-corrected chi connectivity index (χ1v) is 29.8. The Morgan fingerprint density at radius 2 is 0.667 bits per heavy atom. The van der Waals surface area contributed by atoms with Crippen LogP contribution in [0, 0.1) is 34.6 Å². The number of aryl methyl sites for hydroxylation is 5. The fourth-order valence-corrected chi connectivity index (χ4v) is 12.3. The van der Waals surface area contributed by atoms with E-state index in [1.165, 1.54) is 86.0 Å². The third-order valence-electron chi connectivity index (χ3n) is 17.0. The third kappa shape index (κ3) is 12.0. The molecule has 412 valence electrons. The van der Waals surface area contributed by atoms with Gasteiger partial charge in [0.2, 0.25) is 0 Å². The molecule has 11 aromatic carbocycles. The van der Waals surface area contributed by atoms with E-state index < -0.39 is 0 Å². The molecule has 0 saturated heterocycles. The minimum Gasteiger partial charge on any atom is -0.311 e. The van der Waals surface area contributed by atoms with Crippen molar-refractivity contribution in [3.63, 3.8) is 0 Å². The average molecular weight is 1090 g/mol. The number of allylic oxidation sites excluding steroid dienone is 2. The first-order valence-electron chi connectivity index (χ1n) is 29.8. The lowest BCUT2D eigenvalue weighted by Crippen LogP contribution is -2.30. The highest BCUT2D eigenvalue weighted by atomic mass is 15.2. The number of hydrogen-bond acceptors (Lipinski definition) is 3. The Labute approximate surface area is 498 Å². The third-order valence-corrected chi connectivity index (χ3v) is 17.0. The van der Waals surface area contributed by atoms with Crippen LogP contribution in [0.4, 0.5) is 51.2 Å². The van der Waals surface area contributed by atoms with Crippen LogP contribution in [-0.2, 0) is 5.41 Å². The molecule has 3 nitrogen and oxygen atoms in total. The molecule has 0 N–H and O–H groups in total. The molecule has 3 heteroatoms. The molecule has 1 aliphatic carbocycles. The quantitative estimate of drug-likeness (QED) is 0.0893. The van der Waals surface area contributed by atoms with E-state index in [9.17, 15) is 0 Å². The highest BCUT2D eigenvalue weighted by molar-refractivity contribution is 5.85. The normalized spacial score (nSPS) is 12.9. The van der Waals surface area contributed by atoms with Crippen molar-refractivity contribution in [1.82, 2.24) is 0 Å².